The first-order chi connectivity index (χ1) is 7.58. The van der Waals surface area contributed by atoms with Crippen molar-refractivity contribution in [2.45, 2.75) is 0 Å². The van der Waals surface area contributed by atoms with Crippen LogP contribution in [0.2, 0.25) is 0 Å². The fourth-order valence-electron chi connectivity index (χ4n) is 1.02. The monoisotopic (exact) mass is 287 g/mol. The number of nitrogens with one attached hydrogen (secondary N) is 1. The molecular formula is C10H10BrNO4. The Balaban J connectivity index is 2.91. The number of rotatable bonds is 2. The minimum absolute atomic E-state index is 0.393. The van der Waals surface area contributed by atoms with Gasteiger partial charge in [-0.1, -0.05) is 0 Å². The smallest absolute Gasteiger partial charge is 0.411 e. The topological polar surface area (TPSA) is 64.6 Å². The van der Waals surface area contributed by atoms with Crippen LogP contribution in [0.15, 0.2) is 22.7 Å². The van der Waals surface area contributed by atoms with Crippen LogP contribution in [0.4, 0.5) is 10.5 Å². The minimum Gasteiger partial charge on any atom is -0.465 e. The maximum absolute atomic E-state index is 11.2. The first-order valence-corrected chi connectivity index (χ1v) is 5.10. The number of anilines is 1. The molecule has 0 bridgehead atoms. The van der Waals surface area contributed by atoms with Gasteiger partial charge in [-0.3, -0.25) is 5.32 Å². The summed E-state index contributed by atoms with van der Waals surface area (Å²) in [7, 11) is 2.57. The lowest BCUT2D eigenvalue weighted by atomic mass is 10.2. The van der Waals surface area contributed by atoms with Crippen LogP contribution in [0.5, 0.6) is 0 Å². The molecule has 0 atom stereocenters. The second-order valence-electron chi connectivity index (χ2n) is 2.80. The van der Waals surface area contributed by atoms with Crippen molar-refractivity contribution < 1.29 is 19.1 Å². The van der Waals surface area contributed by atoms with Gasteiger partial charge in [-0.15, -0.1) is 0 Å². The van der Waals surface area contributed by atoms with E-state index < -0.39 is 12.1 Å². The Morgan fingerprint density at radius 1 is 1.25 bits per heavy atom. The van der Waals surface area contributed by atoms with Crippen molar-refractivity contribution >= 4 is 33.7 Å². The van der Waals surface area contributed by atoms with Gasteiger partial charge in [0.15, 0.2) is 0 Å². The molecule has 16 heavy (non-hydrogen) atoms. The van der Waals surface area contributed by atoms with Gasteiger partial charge < -0.3 is 9.47 Å². The number of hydrogen-bond acceptors (Lipinski definition) is 4. The fraction of sp³-hybridized carbons (Fsp3) is 0.200. The van der Waals surface area contributed by atoms with Crippen molar-refractivity contribution in [2.75, 3.05) is 19.5 Å². The van der Waals surface area contributed by atoms with Crippen LogP contribution in [0.25, 0.3) is 0 Å². The highest BCUT2D eigenvalue weighted by molar-refractivity contribution is 9.10. The third-order valence-corrected chi connectivity index (χ3v) is 2.47. The van der Waals surface area contributed by atoms with Crippen molar-refractivity contribution in [2.24, 2.45) is 0 Å². The molecule has 0 heterocycles. The second-order valence-corrected chi connectivity index (χ2v) is 3.66. The molecule has 5 nitrogen and oxygen atoms in total. The van der Waals surface area contributed by atoms with E-state index in [1.54, 1.807) is 18.2 Å². The SMILES string of the molecule is COC(=O)Nc1ccc(C(=O)OC)cc1Br. The van der Waals surface area contributed by atoms with Crippen LogP contribution in [-0.2, 0) is 9.47 Å². The molecule has 6 heteroatoms. The van der Waals surface area contributed by atoms with Crippen molar-refractivity contribution in [3.05, 3.63) is 28.2 Å². The highest BCUT2D eigenvalue weighted by Gasteiger charge is 2.10. The number of halogens is 1. The molecule has 1 aromatic rings. The van der Waals surface area contributed by atoms with E-state index in [0.29, 0.717) is 15.7 Å². The normalized spacial score (nSPS) is 9.44. The maximum Gasteiger partial charge on any atom is 0.411 e. The van der Waals surface area contributed by atoms with Crippen LogP contribution in [0, 0.1) is 0 Å². The maximum atomic E-state index is 11.2. The highest BCUT2D eigenvalue weighted by atomic mass is 79.9. The number of methoxy groups -OCH3 is 2. The van der Waals surface area contributed by atoms with E-state index in [1.165, 1.54) is 14.2 Å². The van der Waals surface area contributed by atoms with E-state index in [9.17, 15) is 9.59 Å². The largest absolute Gasteiger partial charge is 0.465 e. The van der Waals surface area contributed by atoms with E-state index in [1.807, 2.05) is 0 Å². The van der Waals surface area contributed by atoms with Gasteiger partial charge in [-0.2, -0.15) is 0 Å². The third kappa shape index (κ3) is 2.96. The Morgan fingerprint density at radius 3 is 2.44 bits per heavy atom. The molecule has 0 radical (unpaired) electrons. The zero-order valence-electron chi connectivity index (χ0n) is 8.74. The number of ether oxygens (including phenoxy) is 2. The van der Waals surface area contributed by atoms with E-state index in [0.717, 1.165) is 0 Å². The summed E-state index contributed by atoms with van der Waals surface area (Å²) in [6.07, 6.45) is -0.577. The van der Waals surface area contributed by atoms with E-state index in [-0.39, 0.29) is 0 Å². The average molecular weight is 288 g/mol. The highest BCUT2D eigenvalue weighted by Crippen LogP contribution is 2.24. The molecule has 1 N–H and O–H groups in total. The van der Waals surface area contributed by atoms with Gasteiger partial charge in [-0.05, 0) is 34.1 Å². The first-order valence-electron chi connectivity index (χ1n) is 4.31. The average Bonchev–Trinajstić information content (AvgIpc) is 2.30. The van der Waals surface area contributed by atoms with Gasteiger partial charge in [0.2, 0.25) is 0 Å². The standard InChI is InChI=1S/C10H10BrNO4/c1-15-9(13)6-3-4-8(7(11)5-6)12-10(14)16-2/h3-5H,1-2H3,(H,12,14). The molecule has 0 aliphatic carbocycles. The summed E-state index contributed by atoms with van der Waals surface area (Å²) in [5.41, 5.74) is 0.907. The van der Waals surface area contributed by atoms with Gasteiger partial charge in [-0.25, -0.2) is 9.59 Å². The van der Waals surface area contributed by atoms with Gasteiger partial charge in [0.05, 0.1) is 25.5 Å². The number of carbonyl (C=O) groups excluding carboxylic acids is 2. The quantitative estimate of drug-likeness (QED) is 0.849. The summed E-state index contributed by atoms with van der Waals surface area (Å²) in [6.45, 7) is 0. The number of carbonyl (C=O) groups is 2. The summed E-state index contributed by atoms with van der Waals surface area (Å²) in [5.74, 6) is -0.440. The van der Waals surface area contributed by atoms with E-state index >= 15 is 0 Å². The van der Waals surface area contributed by atoms with Crippen LogP contribution in [0.1, 0.15) is 10.4 Å². The predicted molar refractivity (Wildman–Crippen MR) is 61.5 cm³/mol. The Morgan fingerprint density at radius 2 is 1.94 bits per heavy atom. The lowest BCUT2D eigenvalue weighted by Gasteiger charge is -2.07. The van der Waals surface area contributed by atoms with Gasteiger partial charge in [0.1, 0.15) is 0 Å². The number of amides is 1. The summed E-state index contributed by atoms with van der Waals surface area (Å²) < 4.78 is 9.58. The summed E-state index contributed by atoms with van der Waals surface area (Å²) >= 11 is 3.22. The molecule has 1 rings (SSSR count). The predicted octanol–water partition coefficient (Wildman–Crippen LogP) is 2.41. The summed E-state index contributed by atoms with van der Waals surface area (Å²) in [5, 5.41) is 2.48. The van der Waals surface area contributed by atoms with Crippen molar-refractivity contribution in [1.82, 2.24) is 0 Å². The number of hydrogen-bond donors (Lipinski definition) is 1. The molecular weight excluding hydrogens is 278 g/mol. The summed E-state index contributed by atoms with van der Waals surface area (Å²) in [4.78, 5) is 22.2. The molecule has 1 aromatic carbocycles. The fourth-order valence-corrected chi connectivity index (χ4v) is 1.50. The molecule has 0 saturated carbocycles. The van der Waals surface area contributed by atoms with E-state index in [2.05, 4.69) is 30.7 Å². The Labute approximate surface area is 101 Å². The second kappa shape index (κ2) is 5.50. The molecule has 0 aliphatic rings. The van der Waals surface area contributed by atoms with Crippen molar-refractivity contribution in [1.29, 1.82) is 0 Å². The number of esters is 1. The Bertz CT molecular complexity index is 419. The molecule has 0 unspecified atom stereocenters. The molecule has 0 spiro atoms. The lowest BCUT2D eigenvalue weighted by Crippen LogP contribution is -2.11. The molecule has 1 amide bonds. The first kappa shape index (κ1) is 12.5. The van der Waals surface area contributed by atoms with Gasteiger partial charge in [0.25, 0.3) is 0 Å². The lowest BCUT2D eigenvalue weighted by molar-refractivity contribution is 0.0600. The van der Waals surface area contributed by atoms with Crippen LogP contribution in [0.3, 0.4) is 0 Å². The minimum atomic E-state index is -0.577. The zero-order valence-corrected chi connectivity index (χ0v) is 10.3. The van der Waals surface area contributed by atoms with Gasteiger partial charge in [0, 0.05) is 4.47 Å². The van der Waals surface area contributed by atoms with Crippen molar-refractivity contribution in [3.8, 4) is 0 Å². The molecule has 0 aliphatic heterocycles. The van der Waals surface area contributed by atoms with Crippen LogP contribution < -0.4 is 5.32 Å². The van der Waals surface area contributed by atoms with Crippen LogP contribution in [-0.4, -0.2) is 26.3 Å². The van der Waals surface area contributed by atoms with Crippen LogP contribution >= 0.6 is 15.9 Å². The Kier molecular flexibility index (Phi) is 4.30. The Hall–Kier alpha value is -1.56. The van der Waals surface area contributed by atoms with Gasteiger partial charge >= 0.3 is 12.1 Å². The van der Waals surface area contributed by atoms with Crippen molar-refractivity contribution in [3.63, 3.8) is 0 Å². The third-order valence-electron chi connectivity index (χ3n) is 1.81. The molecule has 0 fully saturated rings. The molecule has 86 valence electrons. The van der Waals surface area contributed by atoms with E-state index in [4.69, 9.17) is 0 Å². The zero-order chi connectivity index (χ0) is 12.1. The summed E-state index contributed by atoms with van der Waals surface area (Å²) in [6, 6.07) is 4.67. The number of benzene rings is 1. The molecule has 0 aromatic heterocycles. The molecule has 0 saturated heterocycles.